The third-order valence-corrected chi connectivity index (χ3v) is 1.84. The topological polar surface area (TPSA) is 202 Å². The molecule has 0 saturated carbocycles. The maximum absolute atomic E-state index is 9.98. The van der Waals surface area contributed by atoms with Crippen LogP contribution in [0.25, 0.3) is 0 Å². The summed E-state index contributed by atoms with van der Waals surface area (Å²) in [6, 6.07) is 0. The van der Waals surface area contributed by atoms with Crippen molar-refractivity contribution in [1.29, 1.82) is 0 Å². The molecule has 0 spiro atoms. The summed E-state index contributed by atoms with van der Waals surface area (Å²) in [4.78, 5) is 19.3. The SMILES string of the molecule is CC(O)C(=O)[O-].O=C([O-])[C@H](O)[C@@H](O)[C@H](O)[C@H](O)CO.[Na+].[Na+]. The largest absolute Gasteiger partial charge is 1.00 e. The van der Waals surface area contributed by atoms with E-state index in [2.05, 4.69) is 0 Å². The molecule has 6 N–H and O–H groups in total. The van der Waals surface area contributed by atoms with Crippen molar-refractivity contribution in [1.82, 2.24) is 0 Å². The maximum Gasteiger partial charge on any atom is 1.00 e. The van der Waals surface area contributed by atoms with E-state index < -0.39 is 49.1 Å². The molecular formula is C9H16Na2O10. The number of aliphatic hydroxyl groups is 6. The monoisotopic (exact) mass is 330 g/mol. The first-order valence-electron chi connectivity index (χ1n) is 4.99. The third kappa shape index (κ3) is 14.0. The zero-order chi connectivity index (χ0) is 15.7. The van der Waals surface area contributed by atoms with Crippen LogP contribution in [0.3, 0.4) is 0 Å². The van der Waals surface area contributed by atoms with Crippen LogP contribution in [-0.4, -0.2) is 79.7 Å². The van der Waals surface area contributed by atoms with Crippen LogP contribution in [0.2, 0.25) is 0 Å². The van der Waals surface area contributed by atoms with Gasteiger partial charge in [0.2, 0.25) is 0 Å². The Bertz CT molecular complexity index is 288. The van der Waals surface area contributed by atoms with E-state index in [4.69, 9.17) is 30.6 Å². The molecule has 0 saturated heterocycles. The van der Waals surface area contributed by atoms with E-state index >= 15 is 0 Å². The summed E-state index contributed by atoms with van der Waals surface area (Å²) in [5.41, 5.74) is 0. The molecular weight excluding hydrogens is 314 g/mol. The van der Waals surface area contributed by atoms with Crippen molar-refractivity contribution in [2.75, 3.05) is 6.61 Å². The predicted molar refractivity (Wildman–Crippen MR) is 52.8 cm³/mol. The minimum Gasteiger partial charge on any atom is -0.547 e. The molecule has 0 aromatic rings. The third-order valence-electron chi connectivity index (χ3n) is 1.84. The summed E-state index contributed by atoms with van der Waals surface area (Å²) in [7, 11) is 0. The molecule has 0 fully saturated rings. The first-order chi connectivity index (χ1) is 8.56. The first kappa shape index (κ1) is 29.7. The normalized spacial score (nSPS) is 16.5. The Labute approximate surface area is 164 Å². The Balaban J connectivity index is -0.000000156. The van der Waals surface area contributed by atoms with E-state index in [-0.39, 0.29) is 59.1 Å². The molecule has 5 atom stereocenters. The number of rotatable bonds is 6. The molecule has 21 heavy (non-hydrogen) atoms. The van der Waals surface area contributed by atoms with Gasteiger partial charge >= 0.3 is 59.1 Å². The van der Waals surface area contributed by atoms with Crippen molar-refractivity contribution < 1.29 is 110 Å². The number of aliphatic carboxylic acids is 2. The molecule has 0 rings (SSSR count). The summed E-state index contributed by atoms with van der Waals surface area (Å²) in [5, 5.41) is 70.7. The van der Waals surface area contributed by atoms with Crippen molar-refractivity contribution >= 4 is 11.9 Å². The summed E-state index contributed by atoms with van der Waals surface area (Å²) >= 11 is 0. The van der Waals surface area contributed by atoms with Gasteiger partial charge in [0.15, 0.2) is 0 Å². The fourth-order valence-corrected chi connectivity index (χ4v) is 0.662. The van der Waals surface area contributed by atoms with E-state index in [1.165, 1.54) is 0 Å². The van der Waals surface area contributed by atoms with Gasteiger partial charge in [-0.25, -0.2) is 0 Å². The number of aliphatic hydroxyl groups excluding tert-OH is 6. The second-order valence-corrected chi connectivity index (χ2v) is 3.49. The molecule has 0 radical (unpaired) electrons. The van der Waals surface area contributed by atoms with E-state index in [9.17, 15) is 19.8 Å². The molecule has 0 amide bonds. The molecule has 0 aliphatic rings. The van der Waals surface area contributed by atoms with Gasteiger partial charge in [-0.15, -0.1) is 0 Å². The van der Waals surface area contributed by atoms with Gasteiger partial charge in [0, 0.05) is 0 Å². The summed E-state index contributed by atoms with van der Waals surface area (Å²) in [6.07, 6.45) is -9.42. The van der Waals surface area contributed by atoms with Crippen molar-refractivity contribution in [2.24, 2.45) is 0 Å². The number of hydrogen-bond acceptors (Lipinski definition) is 10. The van der Waals surface area contributed by atoms with Gasteiger partial charge in [-0.2, -0.15) is 0 Å². The molecule has 0 aliphatic carbocycles. The van der Waals surface area contributed by atoms with Crippen molar-refractivity contribution in [2.45, 2.75) is 37.4 Å². The number of carbonyl (C=O) groups is 2. The Kier molecular flexibility index (Phi) is 22.0. The zero-order valence-corrected chi connectivity index (χ0v) is 15.9. The Hall–Kier alpha value is 0.700. The van der Waals surface area contributed by atoms with E-state index in [1.54, 1.807) is 0 Å². The maximum atomic E-state index is 9.98. The molecule has 12 heteroatoms. The van der Waals surface area contributed by atoms with Crippen LogP contribution in [0.1, 0.15) is 6.92 Å². The summed E-state index contributed by atoms with van der Waals surface area (Å²) < 4.78 is 0. The number of carboxylic acid groups (broad SMARTS) is 2. The first-order valence-corrected chi connectivity index (χ1v) is 4.99. The molecule has 0 bridgehead atoms. The number of carboxylic acids is 2. The van der Waals surface area contributed by atoms with Gasteiger partial charge < -0.3 is 50.4 Å². The second-order valence-electron chi connectivity index (χ2n) is 3.49. The molecule has 0 aromatic carbocycles. The van der Waals surface area contributed by atoms with Crippen LogP contribution in [-0.2, 0) is 9.59 Å². The van der Waals surface area contributed by atoms with Crippen molar-refractivity contribution in [3.63, 3.8) is 0 Å². The molecule has 1 unspecified atom stereocenters. The zero-order valence-electron chi connectivity index (χ0n) is 11.9. The number of carbonyl (C=O) groups excluding carboxylic acids is 2. The minimum absolute atomic E-state index is 0. The van der Waals surface area contributed by atoms with Crippen molar-refractivity contribution in [3.05, 3.63) is 0 Å². The second kappa shape index (κ2) is 15.6. The molecule has 114 valence electrons. The van der Waals surface area contributed by atoms with Crippen LogP contribution < -0.4 is 69.3 Å². The van der Waals surface area contributed by atoms with Crippen molar-refractivity contribution in [3.8, 4) is 0 Å². The molecule has 0 aliphatic heterocycles. The minimum atomic E-state index is -2.31. The Morgan fingerprint density at radius 2 is 1.24 bits per heavy atom. The summed E-state index contributed by atoms with van der Waals surface area (Å²) in [6.45, 7) is 0.271. The van der Waals surface area contributed by atoms with Crippen LogP contribution >= 0.6 is 0 Å². The molecule has 10 nitrogen and oxygen atoms in total. The fraction of sp³-hybridized carbons (Fsp3) is 0.778. The van der Waals surface area contributed by atoms with Crippen LogP contribution in [0, 0.1) is 0 Å². The van der Waals surface area contributed by atoms with Crippen LogP contribution in [0.15, 0.2) is 0 Å². The predicted octanol–water partition coefficient (Wildman–Crippen LogP) is -12.7. The molecule has 0 aromatic heterocycles. The van der Waals surface area contributed by atoms with Gasteiger partial charge in [-0.05, 0) is 6.92 Å². The number of hydrogen-bond donors (Lipinski definition) is 6. The fourth-order valence-electron chi connectivity index (χ4n) is 0.662. The quantitative estimate of drug-likeness (QED) is 0.254. The van der Waals surface area contributed by atoms with Crippen LogP contribution in [0.4, 0.5) is 0 Å². The van der Waals surface area contributed by atoms with Gasteiger partial charge in [0.1, 0.15) is 24.4 Å². The van der Waals surface area contributed by atoms with E-state index in [0.717, 1.165) is 6.92 Å². The van der Waals surface area contributed by atoms with Gasteiger partial charge in [-0.3, -0.25) is 0 Å². The smallest absolute Gasteiger partial charge is 0.547 e. The standard InChI is InChI=1S/C6H12O7.C3H6O3.2Na/c7-1-2(8)3(9)4(10)5(11)6(12)13;1-2(4)3(5)6;;/h2-5,7-11H,1H2,(H,12,13);2,4H,1H3,(H,5,6);;/q;;2*+1/p-2/t2-,3-,4+,5-;;;/m1.../s1. The van der Waals surface area contributed by atoms with Crippen LogP contribution in [0.5, 0.6) is 0 Å². The van der Waals surface area contributed by atoms with Gasteiger partial charge in [0.05, 0.1) is 24.6 Å². The van der Waals surface area contributed by atoms with Gasteiger partial charge in [-0.1, -0.05) is 0 Å². The average molecular weight is 330 g/mol. The average Bonchev–Trinajstić information content (AvgIpc) is 2.35. The van der Waals surface area contributed by atoms with E-state index in [1.807, 2.05) is 0 Å². The summed E-state index contributed by atoms with van der Waals surface area (Å²) in [5.74, 6) is -3.41. The Morgan fingerprint density at radius 3 is 1.43 bits per heavy atom. The Morgan fingerprint density at radius 1 is 0.905 bits per heavy atom. The van der Waals surface area contributed by atoms with Gasteiger partial charge in [0.25, 0.3) is 0 Å². The van der Waals surface area contributed by atoms with E-state index in [0.29, 0.717) is 0 Å². The molecule has 0 heterocycles.